The van der Waals surface area contributed by atoms with Crippen molar-refractivity contribution in [2.45, 2.75) is 13.3 Å². The number of hydrogen-bond donors (Lipinski definition) is 0. The van der Waals surface area contributed by atoms with Gasteiger partial charge in [0.25, 0.3) is 0 Å². The zero-order valence-electron chi connectivity index (χ0n) is 9.07. The van der Waals surface area contributed by atoms with Crippen molar-refractivity contribution in [3.8, 4) is 5.75 Å². The van der Waals surface area contributed by atoms with Gasteiger partial charge < -0.3 is 4.74 Å². The molecule has 84 valence electrons. The molecule has 1 aromatic heterocycles. The number of halogens is 1. The fourth-order valence-electron chi connectivity index (χ4n) is 1.39. The first-order valence-electron chi connectivity index (χ1n) is 5.16. The van der Waals surface area contributed by atoms with Crippen LogP contribution in [-0.2, 0) is 6.42 Å². The second-order valence-electron chi connectivity index (χ2n) is 3.64. The fraction of sp³-hybridized carbons (Fsp3) is 0.231. The van der Waals surface area contributed by atoms with Gasteiger partial charge in [-0.3, -0.25) is 0 Å². The first kappa shape index (κ1) is 11.1. The molecule has 16 heavy (non-hydrogen) atoms. The van der Waals surface area contributed by atoms with Crippen LogP contribution < -0.4 is 4.74 Å². The van der Waals surface area contributed by atoms with Crippen molar-refractivity contribution < 1.29 is 9.13 Å². The SMILES string of the molecule is Cc1ccc(OCCc2ccsc2)cc1F. The molecule has 0 N–H and O–H groups in total. The molecule has 1 nitrogen and oxygen atoms in total. The molecule has 0 atom stereocenters. The van der Waals surface area contributed by atoms with Crippen LogP contribution in [0.25, 0.3) is 0 Å². The summed E-state index contributed by atoms with van der Waals surface area (Å²) in [5.74, 6) is 0.381. The van der Waals surface area contributed by atoms with E-state index in [1.54, 1.807) is 30.4 Å². The zero-order valence-corrected chi connectivity index (χ0v) is 9.89. The maximum absolute atomic E-state index is 13.2. The van der Waals surface area contributed by atoms with E-state index in [2.05, 4.69) is 11.4 Å². The highest BCUT2D eigenvalue weighted by molar-refractivity contribution is 7.07. The van der Waals surface area contributed by atoms with E-state index in [1.807, 2.05) is 5.38 Å². The van der Waals surface area contributed by atoms with E-state index in [-0.39, 0.29) is 5.82 Å². The van der Waals surface area contributed by atoms with Gasteiger partial charge in [-0.05, 0) is 40.9 Å². The van der Waals surface area contributed by atoms with Crippen LogP contribution in [0.4, 0.5) is 4.39 Å². The summed E-state index contributed by atoms with van der Waals surface area (Å²) in [7, 11) is 0. The van der Waals surface area contributed by atoms with Crippen molar-refractivity contribution >= 4 is 11.3 Å². The van der Waals surface area contributed by atoms with Gasteiger partial charge in [-0.2, -0.15) is 11.3 Å². The Bertz CT molecular complexity index is 451. The second-order valence-corrected chi connectivity index (χ2v) is 4.42. The van der Waals surface area contributed by atoms with Crippen molar-refractivity contribution in [2.75, 3.05) is 6.61 Å². The van der Waals surface area contributed by atoms with Crippen molar-refractivity contribution in [2.24, 2.45) is 0 Å². The molecule has 0 saturated carbocycles. The lowest BCUT2D eigenvalue weighted by atomic mass is 10.2. The maximum Gasteiger partial charge on any atom is 0.129 e. The van der Waals surface area contributed by atoms with Crippen LogP contribution in [0.5, 0.6) is 5.75 Å². The lowest BCUT2D eigenvalue weighted by Gasteiger charge is -2.06. The van der Waals surface area contributed by atoms with E-state index in [9.17, 15) is 4.39 Å². The Morgan fingerprint density at radius 2 is 2.19 bits per heavy atom. The topological polar surface area (TPSA) is 9.23 Å². The standard InChI is InChI=1S/C13H13FOS/c1-10-2-3-12(8-13(10)14)15-6-4-11-5-7-16-9-11/h2-3,5,7-9H,4,6H2,1H3. The summed E-state index contributed by atoms with van der Waals surface area (Å²) in [6.45, 7) is 2.32. The van der Waals surface area contributed by atoms with Crippen LogP contribution in [0.3, 0.4) is 0 Å². The van der Waals surface area contributed by atoms with E-state index < -0.39 is 0 Å². The molecule has 0 saturated heterocycles. The third kappa shape index (κ3) is 2.83. The van der Waals surface area contributed by atoms with Crippen LogP contribution in [0, 0.1) is 12.7 Å². The molecule has 0 aliphatic rings. The summed E-state index contributed by atoms with van der Waals surface area (Å²) in [6.07, 6.45) is 0.860. The van der Waals surface area contributed by atoms with Gasteiger partial charge in [0.2, 0.25) is 0 Å². The predicted molar refractivity (Wildman–Crippen MR) is 64.7 cm³/mol. The molecule has 0 aliphatic heterocycles. The number of rotatable bonds is 4. The quantitative estimate of drug-likeness (QED) is 0.784. The predicted octanol–water partition coefficient (Wildman–Crippen LogP) is 3.82. The summed E-state index contributed by atoms with van der Waals surface area (Å²) >= 11 is 1.67. The van der Waals surface area contributed by atoms with Gasteiger partial charge in [0.05, 0.1) is 6.61 Å². The lowest BCUT2D eigenvalue weighted by Crippen LogP contribution is -2.00. The number of thiophene rings is 1. The minimum Gasteiger partial charge on any atom is -0.493 e. The van der Waals surface area contributed by atoms with E-state index in [4.69, 9.17) is 4.74 Å². The number of ether oxygens (including phenoxy) is 1. The van der Waals surface area contributed by atoms with Crippen molar-refractivity contribution in [3.05, 3.63) is 52.0 Å². The minimum absolute atomic E-state index is 0.215. The highest BCUT2D eigenvalue weighted by Gasteiger charge is 2.00. The van der Waals surface area contributed by atoms with Gasteiger partial charge >= 0.3 is 0 Å². The Morgan fingerprint density at radius 1 is 1.31 bits per heavy atom. The van der Waals surface area contributed by atoms with Gasteiger partial charge in [-0.25, -0.2) is 4.39 Å². The van der Waals surface area contributed by atoms with Crippen LogP contribution in [0.2, 0.25) is 0 Å². The van der Waals surface area contributed by atoms with Crippen LogP contribution in [-0.4, -0.2) is 6.61 Å². The van der Waals surface area contributed by atoms with E-state index in [0.717, 1.165) is 6.42 Å². The number of hydrogen-bond acceptors (Lipinski definition) is 2. The normalized spacial score (nSPS) is 10.4. The summed E-state index contributed by atoms with van der Waals surface area (Å²) < 4.78 is 18.7. The average Bonchev–Trinajstić information content (AvgIpc) is 2.76. The molecule has 2 aromatic rings. The Morgan fingerprint density at radius 3 is 2.88 bits per heavy atom. The summed E-state index contributed by atoms with van der Waals surface area (Å²) in [6, 6.07) is 7.04. The lowest BCUT2D eigenvalue weighted by molar-refractivity contribution is 0.320. The molecule has 1 aromatic carbocycles. The first-order valence-corrected chi connectivity index (χ1v) is 6.10. The van der Waals surface area contributed by atoms with Gasteiger partial charge in [0.15, 0.2) is 0 Å². The third-order valence-electron chi connectivity index (χ3n) is 2.38. The molecule has 0 bridgehead atoms. The van der Waals surface area contributed by atoms with E-state index >= 15 is 0 Å². The Kier molecular flexibility index (Phi) is 3.57. The van der Waals surface area contributed by atoms with Crippen LogP contribution in [0.15, 0.2) is 35.0 Å². The van der Waals surface area contributed by atoms with Gasteiger partial charge in [0.1, 0.15) is 11.6 Å². The molecule has 3 heteroatoms. The molecule has 0 amide bonds. The van der Waals surface area contributed by atoms with E-state index in [1.165, 1.54) is 11.6 Å². The number of benzene rings is 1. The summed E-state index contributed by atoms with van der Waals surface area (Å²) in [5.41, 5.74) is 1.91. The van der Waals surface area contributed by atoms with Gasteiger partial charge in [0, 0.05) is 12.5 Å². The molecule has 1 heterocycles. The van der Waals surface area contributed by atoms with Crippen molar-refractivity contribution in [1.29, 1.82) is 0 Å². The smallest absolute Gasteiger partial charge is 0.129 e. The fourth-order valence-corrected chi connectivity index (χ4v) is 2.09. The maximum atomic E-state index is 13.2. The Hall–Kier alpha value is -1.35. The number of aryl methyl sites for hydroxylation is 1. The first-order chi connectivity index (χ1) is 7.75. The molecular weight excluding hydrogens is 223 g/mol. The monoisotopic (exact) mass is 236 g/mol. The highest BCUT2D eigenvalue weighted by Crippen LogP contribution is 2.16. The molecular formula is C13H13FOS. The van der Waals surface area contributed by atoms with Crippen LogP contribution >= 0.6 is 11.3 Å². The zero-order chi connectivity index (χ0) is 11.4. The molecule has 0 radical (unpaired) electrons. The van der Waals surface area contributed by atoms with E-state index in [0.29, 0.717) is 17.9 Å². The minimum atomic E-state index is -0.215. The third-order valence-corrected chi connectivity index (χ3v) is 3.11. The Balaban J connectivity index is 1.87. The molecule has 0 spiro atoms. The Labute approximate surface area is 98.5 Å². The van der Waals surface area contributed by atoms with Crippen molar-refractivity contribution in [1.82, 2.24) is 0 Å². The molecule has 2 rings (SSSR count). The average molecular weight is 236 g/mol. The molecule has 0 aliphatic carbocycles. The van der Waals surface area contributed by atoms with Crippen LogP contribution in [0.1, 0.15) is 11.1 Å². The molecule has 0 unspecified atom stereocenters. The van der Waals surface area contributed by atoms with Gasteiger partial charge in [-0.1, -0.05) is 6.07 Å². The van der Waals surface area contributed by atoms with Crippen molar-refractivity contribution in [3.63, 3.8) is 0 Å². The van der Waals surface area contributed by atoms with Gasteiger partial charge in [-0.15, -0.1) is 0 Å². The summed E-state index contributed by atoms with van der Waals surface area (Å²) in [5, 5.41) is 4.14. The second kappa shape index (κ2) is 5.12. The largest absolute Gasteiger partial charge is 0.493 e. The summed E-state index contributed by atoms with van der Waals surface area (Å²) in [4.78, 5) is 0. The highest BCUT2D eigenvalue weighted by atomic mass is 32.1. The molecule has 0 fully saturated rings.